The van der Waals surface area contributed by atoms with Crippen molar-refractivity contribution in [3.05, 3.63) is 96.7 Å². The Hall–Kier alpha value is -4.95. The molecule has 1 aliphatic carbocycles. The fraction of sp³-hybridized carbons (Fsp3) is 0.375. The summed E-state index contributed by atoms with van der Waals surface area (Å²) in [4.78, 5) is 52.5. The van der Waals surface area contributed by atoms with E-state index in [0.29, 0.717) is 57.1 Å². The van der Waals surface area contributed by atoms with Gasteiger partial charge in [0.15, 0.2) is 0 Å². The summed E-state index contributed by atoms with van der Waals surface area (Å²) in [5.74, 6) is 0.851. The first kappa shape index (κ1) is 37.0. The SMILES string of the molecule is COCCN1CC[C@]2(CCN([C@@H]3CCc4cc(-c5cccc(-c6cccc(Nc7nccc8c7c(=O)n(C)c(=O)n8C)c6Cl)c5Cl)nc(OC)c43)C2)NC1=O. The summed E-state index contributed by atoms with van der Waals surface area (Å²) < 4.78 is 13.6. The van der Waals surface area contributed by atoms with Crippen molar-refractivity contribution >= 4 is 51.6 Å². The van der Waals surface area contributed by atoms with Crippen LogP contribution in [0.15, 0.2) is 64.3 Å². The molecule has 8 rings (SSSR count). The molecule has 2 atom stereocenters. The molecule has 3 aliphatic rings. The van der Waals surface area contributed by atoms with Crippen LogP contribution in [0.25, 0.3) is 33.3 Å². The number of pyridine rings is 2. The van der Waals surface area contributed by atoms with Crippen LogP contribution in [-0.4, -0.2) is 87.5 Å². The van der Waals surface area contributed by atoms with Gasteiger partial charge in [-0.2, -0.15) is 0 Å². The summed E-state index contributed by atoms with van der Waals surface area (Å²) in [7, 11) is 6.35. The molecule has 0 saturated carbocycles. The Morgan fingerprint density at radius 1 is 0.964 bits per heavy atom. The van der Waals surface area contributed by atoms with E-state index < -0.39 is 11.2 Å². The molecule has 2 saturated heterocycles. The molecule has 0 unspecified atom stereocenters. The number of likely N-dealkylation sites (tertiary alicyclic amines) is 1. The predicted molar refractivity (Wildman–Crippen MR) is 214 cm³/mol. The van der Waals surface area contributed by atoms with Gasteiger partial charge in [0, 0.05) is 81.9 Å². The van der Waals surface area contributed by atoms with Crippen LogP contribution in [0.5, 0.6) is 5.88 Å². The van der Waals surface area contributed by atoms with E-state index >= 15 is 0 Å². The van der Waals surface area contributed by atoms with Crippen LogP contribution >= 0.6 is 23.2 Å². The number of anilines is 2. The molecule has 2 N–H and O–H groups in total. The van der Waals surface area contributed by atoms with Gasteiger partial charge < -0.3 is 25.0 Å². The highest BCUT2D eigenvalue weighted by Gasteiger charge is 2.46. The topological polar surface area (TPSA) is 136 Å². The average molecular weight is 786 g/mol. The molecule has 0 bridgehead atoms. The number of urea groups is 1. The minimum atomic E-state index is -0.465. The van der Waals surface area contributed by atoms with Crippen LogP contribution in [0.4, 0.5) is 16.3 Å². The number of methoxy groups -OCH3 is 2. The maximum Gasteiger partial charge on any atom is 0.330 e. The number of ether oxygens (including phenoxy) is 2. The molecule has 13 nitrogen and oxygen atoms in total. The van der Waals surface area contributed by atoms with Crippen LogP contribution in [0.2, 0.25) is 10.0 Å². The zero-order chi connectivity index (χ0) is 38.6. The lowest BCUT2D eigenvalue weighted by molar-refractivity contribution is 0.114. The van der Waals surface area contributed by atoms with Crippen molar-refractivity contribution in [2.75, 3.05) is 52.3 Å². The highest BCUT2D eigenvalue weighted by atomic mass is 35.5. The molecule has 3 aromatic heterocycles. The maximum absolute atomic E-state index is 13.2. The second kappa shape index (κ2) is 14.6. The molecular formula is C40H42Cl2N8O5. The van der Waals surface area contributed by atoms with Gasteiger partial charge in [-0.1, -0.05) is 53.5 Å². The molecule has 2 aliphatic heterocycles. The third-order valence-corrected chi connectivity index (χ3v) is 12.2. The van der Waals surface area contributed by atoms with E-state index in [0.717, 1.165) is 61.0 Å². The summed E-state index contributed by atoms with van der Waals surface area (Å²) >= 11 is 14.3. The largest absolute Gasteiger partial charge is 0.481 e. The lowest BCUT2D eigenvalue weighted by Gasteiger charge is -2.40. The van der Waals surface area contributed by atoms with Gasteiger partial charge in [0.25, 0.3) is 5.56 Å². The van der Waals surface area contributed by atoms with E-state index in [-0.39, 0.29) is 28.8 Å². The number of aromatic nitrogens is 4. The number of aryl methyl sites for hydroxylation is 2. The summed E-state index contributed by atoms with van der Waals surface area (Å²) in [6.07, 6.45) is 5.13. The summed E-state index contributed by atoms with van der Waals surface area (Å²) in [6.45, 7) is 3.49. The van der Waals surface area contributed by atoms with Gasteiger partial charge in [-0.3, -0.25) is 18.8 Å². The number of carbonyl (C=O) groups excluding carboxylic acids is 1. The summed E-state index contributed by atoms with van der Waals surface area (Å²) in [5.41, 5.74) is 4.90. The molecule has 55 heavy (non-hydrogen) atoms. The van der Waals surface area contributed by atoms with Crippen LogP contribution < -0.4 is 26.6 Å². The van der Waals surface area contributed by atoms with E-state index in [1.54, 1.807) is 33.4 Å². The van der Waals surface area contributed by atoms with Gasteiger partial charge in [-0.05, 0) is 49.4 Å². The first-order valence-electron chi connectivity index (χ1n) is 18.3. The standard InChI is InChI=1S/C40H42Cl2N8O5/c1-47-29-13-16-43-35(32(29)37(51)48(2)39(47)53)44-27-10-6-8-25(34(27)42)24-7-5-9-26(33(24)41)28-21-23-11-12-30(31(23)36(45-28)55-4)50-18-15-40(22-50)14-17-49(19-20-54-3)38(52)46-40/h5-10,13,16,21,30H,11-12,14-15,17-20,22H2,1-4H3,(H,43,44)(H,46,52)/t30-,40-/m1/s1. The zero-order valence-electron chi connectivity index (χ0n) is 31.1. The fourth-order valence-electron chi connectivity index (χ4n) is 8.47. The monoisotopic (exact) mass is 784 g/mol. The van der Waals surface area contributed by atoms with Crippen molar-refractivity contribution in [1.82, 2.24) is 34.2 Å². The van der Waals surface area contributed by atoms with Gasteiger partial charge in [-0.25, -0.2) is 19.6 Å². The molecule has 2 fully saturated rings. The quantitative estimate of drug-likeness (QED) is 0.187. The first-order valence-corrected chi connectivity index (χ1v) is 19.1. The van der Waals surface area contributed by atoms with E-state index in [4.69, 9.17) is 37.7 Å². The average Bonchev–Trinajstić information content (AvgIpc) is 3.81. The van der Waals surface area contributed by atoms with Gasteiger partial charge >= 0.3 is 11.7 Å². The molecular weight excluding hydrogens is 743 g/mol. The number of fused-ring (bicyclic) bond motifs is 2. The van der Waals surface area contributed by atoms with E-state index in [1.165, 1.54) is 23.4 Å². The van der Waals surface area contributed by atoms with Gasteiger partial charge in [0.2, 0.25) is 5.88 Å². The fourth-order valence-corrected chi connectivity index (χ4v) is 9.07. The smallest absolute Gasteiger partial charge is 0.330 e. The summed E-state index contributed by atoms with van der Waals surface area (Å²) in [5, 5.41) is 7.69. The third kappa shape index (κ3) is 6.42. The zero-order valence-corrected chi connectivity index (χ0v) is 32.6. The lowest BCUT2D eigenvalue weighted by atomic mass is 9.92. The number of hydrogen-bond acceptors (Lipinski definition) is 9. The third-order valence-electron chi connectivity index (χ3n) is 11.4. The first-order chi connectivity index (χ1) is 26.5. The summed E-state index contributed by atoms with van der Waals surface area (Å²) in [6, 6.07) is 15.1. The molecule has 15 heteroatoms. The van der Waals surface area contributed by atoms with Crippen molar-refractivity contribution < 1.29 is 14.3 Å². The molecule has 2 aromatic carbocycles. The number of hydrogen-bond donors (Lipinski definition) is 2. The van der Waals surface area contributed by atoms with E-state index in [1.807, 2.05) is 35.2 Å². The molecule has 5 heterocycles. The highest BCUT2D eigenvalue weighted by Crippen LogP contribution is 2.47. The number of nitrogens with zero attached hydrogens (tertiary/aromatic N) is 6. The molecule has 0 radical (unpaired) electrons. The van der Waals surface area contributed by atoms with Crippen molar-refractivity contribution in [2.24, 2.45) is 14.1 Å². The van der Waals surface area contributed by atoms with Gasteiger partial charge in [0.05, 0.1) is 46.2 Å². The molecule has 286 valence electrons. The Morgan fingerprint density at radius 3 is 2.47 bits per heavy atom. The molecule has 5 aromatic rings. The second-order valence-electron chi connectivity index (χ2n) is 14.5. The number of rotatable bonds is 9. The number of carbonyl (C=O) groups is 1. The van der Waals surface area contributed by atoms with Crippen LogP contribution in [0.3, 0.4) is 0 Å². The Balaban J connectivity index is 1.07. The minimum absolute atomic E-state index is 0.0210. The highest BCUT2D eigenvalue weighted by molar-refractivity contribution is 6.39. The van der Waals surface area contributed by atoms with Crippen LogP contribution in [-0.2, 0) is 25.3 Å². The number of benzene rings is 2. The van der Waals surface area contributed by atoms with Crippen molar-refractivity contribution in [3.8, 4) is 28.3 Å². The van der Waals surface area contributed by atoms with Crippen molar-refractivity contribution in [2.45, 2.75) is 37.3 Å². The van der Waals surface area contributed by atoms with Crippen molar-refractivity contribution in [3.63, 3.8) is 0 Å². The molecule has 2 amide bonds. The Morgan fingerprint density at radius 2 is 1.71 bits per heavy atom. The van der Waals surface area contributed by atoms with E-state index in [2.05, 4.69) is 26.6 Å². The Bertz CT molecular complexity index is 2470. The normalized spacial score (nSPS) is 19.6. The van der Waals surface area contributed by atoms with Crippen LogP contribution in [0, 0.1) is 0 Å². The minimum Gasteiger partial charge on any atom is -0.481 e. The number of nitrogens with one attached hydrogen (secondary N) is 2. The predicted octanol–water partition coefficient (Wildman–Crippen LogP) is 5.91. The number of halogens is 2. The maximum atomic E-state index is 13.2. The van der Waals surface area contributed by atoms with Crippen molar-refractivity contribution in [1.29, 1.82) is 0 Å². The van der Waals surface area contributed by atoms with Gasteiger partial charge in [-0.15, -0.1) is 0 Å². The van der Waals surface area contributed by atoms with Crippen LogP contribution in [0.1, 0.15) is 36.4 Å². The number of amides is 2. The Labute approximate surface area is 327 Å². The Kier molecular flexibility index (Phi) is 9.83. The van der Waals surface area contributed by atoms with Gasteiger partial charge in [0.1, 0.15) is 11.2 Å². The van der Waals surface area contributed by atoms with E-state index in [9.17, 15) is 14.4 Å². The second-order valence-corrected chi connectivity index (χ2v) is 15.3. The lowest BCUT2D eigenvalue weighted by Crippen LogP contribution is -2.61. The molecule has 1 spiro atoms.